The predicted molar refractivity (Wildman–Crippen MR) is 232 cm³/mol. The minimum absolute atomic E-state index is 0. The summed E-state index contributed by atoms with van der Waals surface area (Å²) in [7, 11) is -1.62. The fourth-order valence-electron chi connectivity index (χ4n) is 7.30. The van der Waals surface area contributed by atoms with E-state index in [1.54, 1.807) is 0 Å². The zero-order valence-electron chi connectivity index (χ0n) is 34.9. The number of aryl methyl sites for hydroxylation is 1. The Morgan fingerprint density at radius 2 is 1.49 bits per heavy atom. The molecule has 1 radical (unpaired) electrons. The van der Waals surface area contributed by atoms with Gasteiger partial charge in [-0.2, -0.15) is 0 Å². The van der Waals surface area contributed by atoms with Crippen molar-refractivity contribution >= 4 is 61.3 Å². The van der Waals surface area contributed by atoms with E-state index < -0.39 is 8.07 Å². The predicted octanol–water partition coefficient (Wildman–Crippen LogP) is 13.7. The van der Waals surface area contributed by atoms with Gasteiger partial charge in [0.15, 0.2) is 5.78 Å². The maximum Gasteiger partial charge on any atom is 0.162 e. The molecule has 5 rings (SSSR count). The standard InChI is InChI=1S/C34H40NSSi.C13H24O2.Ir/c1-21-23(19-33(2,3)4)15-16-26-29-28(37(8,9)10)20-35-30(32(29)36-31(21)26)24-17-22-13-11-12-14-25(22)27(18-24)34(5,6)7;1-5-10(6-2)12(14)9-13(15)11(7-3)8-4;/h11-16,18,20H,19H2,1-10H3;9-11,14H,5-8H2,1-4H3;/q-1;;/b;12-9-;. The molecule has 0 fully saturated rings. The van der Waals surface area contributed by atoms with Gasteiger partial charge in [-0.05, 0) is 76.9 Å². The molecule has 6 heteroatoms. The second-order valence-corrected chi connectivity index (χ2v) is 24.0. The van der Waals surface area contributed by atoms with Crippen LogP contribution in [0.3, 0.4) is 0 Å². The van der Waals surface area contributed by atoms with E-state index in [4.69, 9.17) is 4.98 Å². The van der Waals surface area contributed by atoms with Crippen LogP contribution < -0.4 is 5.19 Å². The van der Waals surface area contributed by atoms with E-state index in [0.29, 0.717) is 0 Å². The molecule has 1 N–H and O–H groups in total. The van der Waals surface area contributed by atoms with Crippen molar-refractivity contribution in [2.75, 3.05) is 0 Å². The van der Waals surface area contributed by atoms with Crippen molar-refractivity contribution in [3.8, 4) is 11.3 Å². The molecule has 0 saturated heterocycles. The largest absolute Gasteiger partial charge is 0.512 e. The van der Waals surface area contributed by atoms with Crippen LogP contribution in [0.25, 0.3) is 42.2 Å². The minimum Gasteiger partial charge on any atom is -0.512 e. The molecule has 0 unspecified atom stereocenters. The molecule has 3 aromatic carbocycles. The van der Waals surface area contributed by atoms with Gasteiger partial charge >= 0.3 is 0 Å². The van der Waals surface area contributed by atoms with Crippen LogP contribution in [0.4, 0.5) is 0 Å². The van der Waals surface area contributed by atoms with Gasteiger partial charge in [-0.15, -0.1) is 40.5 Å². The molecular formula is C47H64IrNO2SSi-. The van der Waals surface area contributed by atoms with E-state index in [0.717, 1.165) is 43.4 Å². The van der Waals surface area contributed by atoms with Crippen LogP contribution in [-0.4, -0.2) is 23.9 Å². The fourth-order valence-corrected chi connectivity index (χ4v) is 10.2. The first-order valence-corrected chi connectivity index (χ1v) is 23.8. The van der Waals surface area contributed by atoms with Crippen molar-refractivity contribution < 1.29 is 30.0 Å². The normalized spacial score (nSPS) is 12.8. The van der Waals surface area contributed by atoms with Gasteiger partial charge in [0.1, 0.15) is 0 Å². The Kier molecular flexibility index (Phi) is 15.1. The smallest absolute Gasteiger partial charge is 0.162 e. The zero-order valence-corrected chi connectivity index (χ0v) is 39.1. The van der Waals surface area contributed by atoms with Crippen molar-refractivity contribution in [3.63, 3.8) is 0 Å². The van der Waals surface area contributed by atoms with Crippen LogP contribution in [0, 0.1) is 30.2 Å². The molecule has 0 aliphatic carbocycles. The van der Waals surface area contributed by atoms with Crippen molar-refractivity contribution in [1.82, 2.24) is 4.98 Å². The average molecular weight is 927 g/mol. The number of thiophene rings is 1. The van der Waals surface area contributed by atoms with Gasteiger partial charge in [-0.3, -0.25) is 9.78 Å². The summed E-state index contributed by atoms with van der Waals surface area (Å²) < 4.78 is 2.74. The number of aromatic nitrogens is 1. The summed E-state index contributed by atoms with van der Waals surface area (Å²) in [4.78, 5) is 16.9. The summed E-state index contributed by atoms with van der Waals surface area (Å²) in [5, 5.41) is 16.5. The molecule has 0 bridgehead atoms. The number of pyridine rings is 1. The molecule has 0 saturated carbocycles. The number of allylic oxidation sites excluding steroid dienone is 2. The van der Waals surface area contributed by atoms with Crippen molar-refractivity contribution in [2.45, 2.75) is 133 Å². The molecular weight excluding hydrogens is 863 g/mol. The van der Waals surface area contributed by atoms with E-state index in [-0.39, 0.29) is 54.3 Å². The van der Waals surface area contributed by atoms with Gasteiger partial charge in [0.2, 0.25) is 0 Å². The Morgan fingerprint density at radius 1 is 0.887 bits per heavy atom. The van der Waals surface area contributed by atoms with Crippen molar-refractivity contribution in [2.24, 2.45) is 17.3 Å². The monoisotopic (exact) mass is 927 g/mol. The van der Waals surface area contributed by atoms with Gasteiger partial charge in [0.05, 0.1) is 13.8 Å². The zero-order chi connectivity index (χ0) is 38.8. The SMILES string of the molecule is CCC(CC)C(=O)/C=C(\O)C(CC)CC.Cc1c(CC(C)(C)C)ccc2c1sc1c(-c3[c-]c4ccccc4c(C(C)(C)C)c3)ncc([Si](C)(C)C)c12.[Ir]. The summed E-state index contributed by atoms with van der Waals surface area (Å²) in [6.45, 7) is 31.6. The van der Waals surface area contributed by atoms with Crippen LogP contribution in [0.5, 0.6) is 0 Å². The Hall–Kier alpha value is -2.63. The van der Waals surface area contributed by atoms with Gasteiger partial charge < -0.3 is 5.11 Å². The Labute approximate surface area is 339 Å². The van der Waals surface area contributed by atoms with Gasteiger partial charge in [0.25, 0.3) is 0 Å². The average Bonchev–Trinajstić information content (AvgIpc) is 3.45. The molecule has 0 atom stereocenters. The first kappa shape index (κ1) is 44.8. The van der Waals surface area contributed by atoms with E-state index in [1.807, 2.05) is 39.0 Å². The van der Waals surface area contributed by atoms with Crippen LogP contribution >= 0.6 is 11.3 Å². The Bertz CT molecular complexity index is 2070. The third-order valence-electron chi connectivity index (χ3n) is 10.5. The number of hydrogen-bond donors (Lipinski definition) is 1. The number of aliphatic hydroxyl groups excluding tert-OH is 1. The molecule has 2 aromatic heterocycles. The maximum atomic E-state index is 11.7. The van der Waals surface area contributed by atoms with E-state index >= 15 is 0 Å². The summed E-state index contributed by atoms with van der Waals surface area (Å²) in [5.74, 6) is 0.547. The topological polar surface area (TPSA) is 50.2 Å². The van der Waals surface area contributed by atoms with Gasteiger partial charge in [0, 0.05) is 59.3 Å². The third-order valence-corrected chi connectivity index (χ3v) is 13.8. The number of ketones is 1. The molecule has 289 valence electrons. The van der Waals surface area contributed by atoms with Gasteiger partial charge in [-0.25, -0.2) is 0 Å². The number of rotatable bonds is 10. The summed E-state index contributed by atoms with van der Waals surface area (Å²) in [5.41, 5.74) is 6.71. The van der Waals surface area contributed by atoms with E-state index in [2.05, 4.69) is 123 Å². The van der Waals surface area contributed by atoms with Crippen molar-refractivity contribution in [3.05, 3.63) is 83.3 Å². The van der Waals surface area contributed by atoms with Crippen LogP contribution in [0.15, 0.2) is 60.5 Å². The molecule has 2 heterocycles. The quantitative estimate of drug-likeness (QED) is 0.0657. The molecule has 0 spiro atoms. The number of hydrogen-bond acceptors (Lipinski definition) is 4. The Balaban J connectivity index is 0.000000403. The molecule has 0 amide bonds. The second-order valence-electron chi connectivity index (χ2n) is 17.9. The van der Waals surface area contributed by atoms with Crippen LogP contribution in [0.2, 0.25) is 19.6 Å². The summed E-state index contributed by atoms with van der Waals surface area (Å²) >= 11 is 1.94. The third kappa shape index (κ3) is 10.4. The first-order valence-electron chi connectivity index (χ1n) is 19.5. The molecule has 5 aromatic rings. The second kappa shape index (κ2) is 17.9. The molecule has 0 aliphatic heterocycles. The molecule has 3 nitrogen and oxygen atoms in total. The number of nitrogens with zero attached hydrogens (tertiary/aromatic N) is 1. The number of benzene rings is 3. The van der Waals surface area contributed by atoms with Crippen LogP contribution in [-0.2, 0) is 36.7 Å². The summed E-state index contributed by atoms with van der Waals surface area (Å²) in [6, 6.07) is 19.5. The minimum atomic E-state index is -1.62. The summed E-state index contributed by atoms with van der Waals surface area (Å²) in [6.07, 6.45) is 8.18. The number of fused-ring (bicyclic) bond motifs is 4. The fraction of sp³-hybridized carbons (Fsp3) is 0.489. The Morgan fingerprint density at radius 3 is 2.04 bits per heavy atom. The number of aliphatic hydroxyl groups is 1. The number of carbonyl (C=O) groups is 1. The van der Waals surface area contributed by atoms with E-state index in [1.165, 1.54) is 58.9 Å². The van der Waals surface area contributed by atoms with Crippen molar-refractivity contribution in [1.29, 1.82) is 0 Å². The van der Waals surface area contributed by atoms with Gasteiger partial charge in [-0.1, -0.05) is 130 Å². The molecule has 53 heavy (non-hydrogen) atoms. The molecule has 0 aliphatic rings. The maximum absolute atomic E-state index is 11.7. The van der Waals surface area contributed by atoms with Crippen LogP contribution in [0.1, 0.15) is 112 Å². The first-order chi connectivity index (χ1) is 24.2. The van der Waals surface area contributed by atoms with E-state index in [9.17, 15) is 9.90 Å². The number of carbonyl (C=O) groups excluding carboxylic acids is 1.